The molecule has 0 fully saturated rings. The fraction of sp³-hybridized carbons (Fsp3) is 0.154. The van der Waals surface area contributed by atoms with E-state index in [0.29, 0.717) is 5.56 Å². The van der Waals surface area contributed by atoms with E-state index in [9.17, 15) is 8.78 Å². The van der Waals surface area contributed by atoms with Crippen molar-refractivity contribution in [2.75, 3.05) is 0 Å². The molecule has 0 aliphatic rings. The van der Waals surface area contributed by atoms with Crippen molar-refractivity contribution in [2.24, 2.45) is 5.84 Å². The number of hydrazine groups is 1. The molecule has 0 saturated carbocycles. The largest absolute Gasteiger partial charge is 0.271 e. The highest BCUT2D eigenvalue weighted by molar-refractivity contribution is 6.30. The number of nitrogens with zero attached hydrogens (tertiary/aromatic N) is 1. The zero-order chi connectivity index (χ0) is 14.0. The molecule has 6 heteroatoms. The minimum atomic E-state index is -0.696. The Balaban J connectivity index is 2.47. The van der Waals surface area contributed by atoms with Gasteiger partial charge < -0.3 is 0 Å². The second kappa shape index (κ2) is 5.61. The lowest BCUT2D eigenvalue weighted by Crippen LogP contribution is -2.29. The first-order valence-electron chi connectivity index (χ1n) is 5.56. The zero-order valence-corrected chi connectivity index (χ0v) is 10.9. The van der Waals surface area contributed by atoms with Gasteiger partial charge in [-0.3, -0.25) is 10.8 Å². The maximum Gasteiger partial charge on any atom is 0.142 e. The van der Waals surface area contributed by atoms with Crippen molar-refractivity contribution in [3.8, 4) is 0 Å². The van der Waals surface area contributed by atoms with E-state index in [1.54, 1.807) is 18.3 Å². The molecule has 3 nitrogen and oxygen atoms in total. The van der Waals surface area contributed by atoms with E-state index in [4.69, 9.17) is 17.4 Å². The number of aryl methyl sites for hydroxylation is 1. The molecular weight excluding hydrogens is 272 g/mol. The molecule has 0 amide bonds. The number of pyridine rings is 1. The van der Waals surface area contributed by atoms with Crippen molar-refractivity contribution in [3.05, 3.63) is 63.9 Å². The van der Waals surface area contributed by atoms with Gasteiger partial charge in [-0.25, -0.2) is 14.2 Å². The average Bonchev–Trinajstić information content (AvgIpc) is 2.38. The molecule has 1 unspecified atom stereocenters. The van der Waals surface area contributed by atoms with Crippen molar-refractivity contribution >= 4 is 11.6 Å². The van der Waals surface area contributed by atoms with Gasteiger partial charge in [0.15, 0.2) is 0 Å². The third-order valence-electron chi connectivity index (χ3n) is 2.78. The maximum absolute atomic E-state index is 13.9. The average molecular weight is 284 g/mol. The standard InChI is InChI=1S/C13H12ClF2N3/c1-7-2-3-8(6-18-7)13(19-17)9-4-12(16)10(14)5-11(9)15/h2-6,13,19H,17H2,1H3. The number of nitrogens with two attached hydrogens (primary N) is 1. The normalized spacial score (nSPS) is 12.5. The van der Waals surface area contributed by atoms with Gasteiger partial charge in [0.25, 0.3) is 0 Å². The molecule has 0 bridgehead atoms. The lowest BCUT2D eigenvalue weighted by Gasteiger charge is -2.17. The molecule has 1 atom stereocenters. The Morgan fingerprint density at radius 3 is 2.58 bits per heavy atom. The lowest BCUT2D eigenvalue weighted by molar-refractivity contribution is 0.545. The Labute approximate surface area is 114 Å². The summed E-state index contributed by atoms with van der Waals surface area (Å²) in [6, 6.07) is 4.78. The van der Waals surface area contributed by atoms with E-state index >= 15 is 0 Å². The van der Waals surface area contributed by atoms with E-state index in [0.717, 1.165) is 17.8 Å². The molecule has 0 spiro atoms. The van der Waals surface area contributed by atoms with Crippen molar-refractivity contribution in [3.63, 3.8) is 0 Å². The predicted molar refractivity (Wildman–Crippen MR) is 69.5 cm³/mol. The van der Waals surface area contributed by atoms with E-state index in [1.807, 2.05) is 6.92 Å². The number of aromatic nitrogens is 1. The number of nitrogens with one attached hydrogen (secondary N) is 1. The van der Waals surface area contributed by atoms with Crippen LogP contribution in [0.2, 0.25) is 5.02 Å². The highest BCUT2D eigenvalue weighted by Gasteiger charge is 2.19. The van der Waals surface area contributed by atoms with Crippen LogP contribution in [0.4, 0.5) is 8.78 Å². The fourth-order valence-electron chi connectivity index (χ4n) is 1.77. The fourth-order valence-corrected chi connectivity index (χ4v) is 1.93. The third kappa shape index (κ3) is 2.89. The van der Waals surface area contributed by atoms with E-state index < -0.39 is 17.7 Å². The van der Waals surface area contributed by atoms with Crippen LogP contribution in [-0.4, -0.2) is 4.98 Å². The minimum Gasteiger partial charge on any atom is -0.271 e. The van der Waals surface area contributed by atoms with Crippen molar-refractivity contribution in [1.29, 1.82) is 0 Å². The van der Waals surface area contributed by atoms with Crippen molar-refractivity contribution < 1.29 is 8.78 Å². The van der Waals surface area contributed by atoms with E-state index in [1.165, 1.54) is 0 Å². The molecule has 2 rings (SSSR count). The summed E-state index contributed by atoms with van der Waals surface area (Å²) in [4.78, 5) is 4.11. The molecule has 0 aliphatic heterocycles. The second-order valence-corrected chi connectivity index (χ2v) is 4.53. The summed E-state index contributed by atoms with van der Waals surface area (Å²) in [5.74, 6) is 4.11. The van der Waals surface area contributed by atoms with Gasteiger partial charge in [-0.15, -0.1) is 0 Å². The van der Waals surface area contributed by atoms with E-state index in [2.05, 4.69) is 10.4 Å². The molecule has 1 heterocycles. The summed E-state index contributed by atoms with van der Waals surface area (Å²) < 4.78 is 27.3. The van der Waals surface area contributed by atoms with Crippen LogP contribution >= 0.6 is 11.6 Å². The number of halogens is 3. The predicted octanol–water partition coefficient (Wildman–Crippen LogP) is 2.87. The third-order valence-corrected chi connectivity index (χ3v) is 3.07. The molecule has 3 N–H and O–H groups in total. The Bertz CT molecular complexity index is 587. The number of rotatable bonds is 3. The number of benzene rings is 1. The maximum atomic E-state index is 13.9. The van der Waals surface area contributed by atoms with Gasteiger partial charge in [0.2, 0.25) is 0 Å². The molecule has 1 aromatic carbocycles. The molecule has 0 aliphatic carbocycles. The van der Waals surface area contributed by atoms with Crippen LogP contribution < -0.4 is 11.3 Å². The Kier molecular flexibility index (Phi) is 4.09. The number of hydrogen-bond donors (Lipinski definition) is 2. The first-order chi connectivity index (χ1) is 9.02. The molecule has 19 heavy (non-hydrogen) atoms. The molecule has 0 radical (unpaired) electrons. The van der Waals surface area contributed by atoms with Crippen LogP contribution in [0.25, 0.3) is 0 Å². The van der Waals surface area contributed by atoms with Crippen LogP contribution in [0.15, 0.2) is 30.5 Å². The topological polar surface area (TPSA) is 50.9 Å². The highest BCUT2D eigenvalue weighted by Crippen LogP contribution is 2.27. The summed E-state index contributed by atoms with van der Waals surface area (Å²) in [5, 5.41) is -0.265. The van der Waals surface area contributed by atoms with Crippen LogP contribution in [0.5, 0.6) is 0 Å². The molecule has 0 saturated heterocycles. The Morgan fingerprint density at radius 2 is 2.00 bits per heavy atom. The summed E-state index contributed by atoms with van der Waals surface area (Å²) in [5.41, 5.74) is 3.99. The summed E-state index contributed by atoms with van der Waals surface area (Å²) in [6.07, 6.45) is 1.56. The van der Waals surface area contributed by atoms with Crippen molar-refractivity contribution in [1.82, 2.24) is 10.4 Å². The molecule has 1 aromatic heterocycles. The molecule has 100 valence electrons. The van der Waals surface area contributed by atoms with Crippen LogP contribution in [0, 0.1) is 18.6 Å². The smallest absolute Gasteiger partial charge is 0.142 e. The SMILES string of the molecule is Cc1ccc(C(NN)c2cc(F)c(Cl)cc2F)cn1. The van der Waals surface area contributed by atoms with Gasteiger partial charge in [-0.1, -0.05) is 17.7 Å². The zero-order valence-electron chi connectivity index (χ0n) is 10.1. The second-order valence-electron chi connectivity index (χ2n) is 4.12. The monoisotopic (exact) mass is 283 g/mol. The first kappa shape index (κ1) is 13.9. The van der Waals surface area contributed by atoms with Crippen molar-refractivity contribution in [2.45, 2.75) is 13.0 Å². The Hall–Kier alpha value is -1.56. The van der Waals surface area contributed by atoms with E-state index in [-0.39, 0.29) is 10.6 Å². The first-order valence-corrected chi connectivity index (χ1v) is 5.94. The van der Waals surface area contributed by atoms with Crippen LogP contribution in [0.1, 0.15) is 22.9 Å². The minimum absolute atomic E-state index is 0.0788. The van der Waals surface area contributed by atoms with Gasteiger partial charge >= 0.3 is 0 Å². The number of hydrogen-bond acceptors (Lipinski definition) is 3. The summed E-state index contributed by atoms with van der Waals surface area (Å²) in [7, 11) is 0. The van der Waals surface area contributed by atoms with Crippen LogP contribution in [-0.2, 0) is 0 Å². The lowest BCUT2D eigenvalue weighted by atomic mass is 10.00. The van der Waals surface area contributed by atoms with Gasteiger partial charge in [0.05, 0.1) is 11.1 Å². The summed E-state index contributed by atoms with van der Waals surface area (Å²) in [6.45, 7) is 1.83. The van der Waals surface area contributed by atoms with Gasteiger partial charge in [-0.05, 0) is 30.7 Å². The Morgan fingerprint density at radius 1 is 1.26 bits per heavy atom. The quantitative estimate of drug-likeness (QED) is 0.517. The van der Waals surface area contributed by atoms with Gasteiger partial charge in [0.1, 0.15) is 11.6 Å². The summed E-state index contributed by atoms with van der Waals surface area (Å²) >= 11 is 5.52. The molecule has 2 aromatic rings. The molecular formula is C13H12ClF2N3. The van der Waals surface area contributed by atoms with Gasteiger partial charge in [0, 0.05) is 17.5 Å². The van der Waals surface area contributed by atoms with Gasteiger partial charge in [-0.2, -0.15) is 0 Å². The van der Waals surface area contributed by atoms with Crippen LogP contribution in [0.3, 0.4) is 0 Å². The highest BCUT2D eigenvalue weighted by atomic mass is 35.5.